The molecule has 3 aromatic rings. The Morgan fingerprint density at radius 2 is 1.86 bits per heavy atom. The highest BCUT2D eigenvalue weighted by atomic mass is 35.5. The first-order valence-electron chi connectivity index (χ1n) is 6.38. The van der Waals surface area contributed by atoms with Gasteiger partial charge in [-0.05, 0) is 30.3 Å². The second-order valence-electron chi connectivity index (χ2n) is 4.61. The van der Waals surface area contributed by atoms with Crippen molar-refractivity contribution in [3.63, 3.8) is 0 Å². The average Bonchev–Trinajstić information content (AvgIpc) is 2.50. The molecule has 0 spiro atoms. The van der Waals surface area contributed by atoms with Crippen molar-refractivity contribution in [2.75, 3.05) is 5.32 Å². The minimum Gasteiger partial charge on any atom is -0.438 e. The standard InChI is InChI=1S/C16H10Cl2N2O2/c17-10-5-6-12(18)13(8-10)20-16(21)11-7-9-3-1-2-4-14(9)22-15(11)19/h1-8,19H,(H,20,21). The molecular weight excluding hydrogens is 323 g/mol. The second-order valence-corrected chi connectivity index (χ2v) is 5.45. The van der Waals surface area contributed by atoms with Gasteiger partial charge in [-0.15, -0.1) is 0 Å². The van der Waals surface area contributed by atoms with Crippen molar-refractivity contribution in [1.82, 2.24) is 0 Å². The average molecular weight is 333 g/mol. The lowest BCUT2D eigenvalue weighted by molar-refractivity contribution is 0.102. The summed E-state index contributed by atoms with van der Waals surface area (Å²) in [6, 6.07) is 13.5. The van der Waals surface area contributed by atoms with Crippen molar-refractivity contribution < 1.29 is 9.21 Å². The van der Waals surface area contributed by atoms with E-state index in [4.69, 9.17) is 33.0 Å². The highest BCUT2D eigenvalue weighted by Gasteiger charge is 2.13. The molecule has 0 aliphatic heterocycles. The molecule has 3 rings (SSSR count). The van der Waals surface area contributed by atoms with Crippen LogP contribution in [0.3, 0.4) is 0 Å². The molecule has 0 bridgehead atoms. The van der Waals surface area contributed by atoms with Gasteiger partial charge in [0.2, 0.25) is 5.55 Å². The number of rotatable bonds is 2. The van der Waals surface area contributed by atoms with Crippen molar-refractivity contribution in [3.05, 3.63) is 69.7 Å². The number of carbonyl (C=O) groups excluding carboxylic acids is 1. The SMILES string of the molecule is N=c1oc2ccccc2cc1C(=O)Nc1cc(Cl)ccc1Cl. The van der Waals surface area contributed by atoms with Crippen molar-refractivity contribution in [1.29, 1.82) is 5.41 Å². The molecule has 2 aromatic carbocycles. The van der Waals surface area contributed by atoms with Crippen LogP contribution in [0.4, 0.5) is 5.69 Å². The van der Waals surface area contributed by atoms with Gasteiger partial charge in [-0.25, -0.2) is 0 Å². The van der Waals surface area contributed by atoms with Crippen LogP contribution in [0.2, 0.25) is 10.0 Å². The van der Waals surface area contributed by atoms with E-state index in [0.29, 0.717) is 21.3 Å². The third kappa shape index (κ3) is 2.84. The van der Waals surface area contributed by atoms with Gasteiger partial charge in [-0.2, -0.15) is 0 Å². The topological polar surface area (TPSA) is 66.1 Å². The van der Waals surface area contributed by atoms with Gasteiger partial charge in [-0.3, -0.25) is 10.2 Å². The van der Waals surface area contributed by atoms with Crippen LogP contribution in [-0.2, 0) is 0 Å². The Morgan fingerprint density at radius 3 is 2.68 bits per heavy atom. The maximum absolute atomic E-state index is 12.3. The van der Waals surface area contributed by atoms with Gasteiger partial charge in [0.05, 0.1) is 10.7 Å². The summed E-state index contributed by atoms with van der Waals surface area (Å²) in [5.74, 6) is -0.483. The van der Waals surface area contributed by atoms with Gasteiger partial charge < -0.3 is 9.73 Å². The Kier molecular flexibility index (Phi) is 3.88. The number of nitrogens with one attached hydrogen (secondary N) is 2. The van der Waals surface area contributed by atoms with Crippen molar-refractivity contribution in [3.8, 4) is 0 Å². The zero-order valence-electron chi connectivity index (χ0n) is 11.2. The fourth-order valence-electron chi connectivity index (χ4n) is 2.03. The number of amides is 1. The normalized spacial score (nSPS) is 10.6. The molecule has 0 unspecified atom stereocenters. The van der Waals surface area contributed by atoms with E-state index < -0.39 is 5.91 Å². The number of anilines is 1. The quantitative estimate of drug-likeness (QED) is 0.726. The Balaban J connectivity index is 2.00. The monoisotopic (exact) mass is 332 g/mol. The van der Waals surface area contributed by atoms with Gasteiger partial charge in [0.15, 0.2) is 0 Å². The van der Waals surface area contributed by atoms with Crippen LogP contribution in [-0.4, -0.2) is 5.91 Å². The van der Waals surface area contributed by atoms with E-state index in [0.717, 1.165) is 5.39 Å². The second kappa shape index (κ2) is 5.83. The number of para-hydroxylation sites is 1. The van der Waals surface area contributed by atoms with Crippen LogP contribution in [0.15, 0.2) is 52.9 Å². The zero-order valence-corrected chi connectivity index (χ0v) is 12.7. The molecule has 0 fully saturated rings. The molecule has 0 atom stereocenters. The van der Waals surface area contributed by atoms with Gasteiger partial charge in [-0.1, -0.05) is 41.4 Å². The molecule has 0 aliphatic rings. The van der Waals surface area contributed by atoms with Crippen LogP contribution in [0, 0.1) is 5.41 Å². The first-order chi connectivity index (χ1) is 10.5. The number of benzene rings is 2. The largest absolute Gasteiger partial charge is 0.438 e. The van der Waals surface area contributed by atoms with Gasteiger partial charge in [0, 0.05) is 10.4 Å². The summed E-state index contributed by atoms with van der Waals surface area (Å²) in [5, 5.41) is 12.0. The molecule has 0 saturated heterocycles. The Hall–Kier alpha value is -2.30. The molecule has 22 heavy (non-hydrogen) atoms. The van der Waals surface area contributed by atoms with Crippen LogP contribution in [0.1, 0.15) is 10.4 Å². The summed E-state index contributed by atoms with van der Waals surface area (Å²) in [5.41, 5.74) is 0.834. The number of halogens is 2. The molecule has 2 N–H and O–H groups in total. The Bertz CT molecular complexity index is 935. The Morgan fingerprint density at radius 1 is 1.09 bits per heavy atom. The molecule has 0 aliphatic carbocycles. The van der Waals surface area contributed by atoms with E-state index in [-0.39, 0.29) is 11.1 Å². The molecule has 4 nitrogen and oxygen atoms in total. The van der Waals surface area contributed by atoms with E-state index >= 15 is 0 Å². The fourth-order valence-corrected chi connectivity index (χ4v) is 2.37. The summed E-state index contributed by atoms with van der Waals surface area (Å²) >= 11 is 11.9. The predicted molar refractivity (Wildman–Crippen MR) is 86.5 cm³/mol. The van der Waals surface area contributed by atoms with Crippen LogP contribution < -0.4 is 10.9 Å². The maximum Gasteiger partial charge on any atom is 0.261 e. The maximum atomic E-state index is 12.3. The molecule has 0 saturated carbocycles. The van der Waals surface area contributed by atoms with E-state index in [1.165, 1.54) is 0 Å². The van der Waals surface area contributed by atoms with Crippen molar-refractivity contribution in [2.24, 2.45) is 0 Å². The van der Waals surface area contributed by atoms with E-state index in [9.17, 15) is 4.79 Å². The van der Waals surface area contributed by atoms with Gasteiger partial charge in [0.1, 0.15) is 11.1 Å². The minimum absolute atomic E-state index is 0.120. The molecule has 1 heterocycles. The van der Waals surface area contributed by atoms with E-state index in [2.05, 4.69) is 5.32 Å². The van der Waals surface area contributed by atoms with E-state index in [1.807, 2.05) is 6.07 Å². The zero-order chi connectivity index (χ0) is 15.7. The molecule has 6 heteroatoms. The number of fused-ring (bicyclic) bond motifs is 1. The fraction of sp³-hybridized carbons (Fsp3) is 0. The van der Waals surface area contributed by atoms with Crippen molar-refractivity contribution in [2.45, 2.75) is 0 Å². The molecular formula is C16H10Cl2N2O2. The summed E-state index contributed by atoms with van der Waals surface area (Å²) in [4.78, 5) is 12.3. The Labute approximate surface area is 135 Å². The molecule has 0 radical (unpaired) electrons. The van der Waals surface area contributed by atoms with Crippen LogP contribution in [0.25, 0.3) is 11.0 Å². The molecule has 1 amide bonds. The summed E-state index contributed by atoms with van der Waals surface area (Å²) < 4.78 is 5.35. The highest BCUT2D eigenvalue weighted by Crippen LogP contribution is 2.25. The lowest BCUT2D eigenvalue weighted by Crippen LogP contribution is -2.21. The highest BCUT2D eigenvalue weighted by molar-refractivity contribution is 6.35. The van der Waals surface area contributed by atoms with Crippen LogP contribution in [0.5, 0.6) is 0 Å². The lowest BCUT2D eigenvalue weighted by Gasteiger charge is -2.08. The van der Waals surface area contributed by atoms with Crippen molar-refractivity contribution >= 4 is 45.8 Å². The summed E-state index contributed by atoms with van der Waals surface area (Å²) in [7, 11) is 0. The van der Waals surface area contributed by atoms with Gasteiger partial charge >= 0.3 is 0 Å². The van der Waals surface area contributed by atoms with E-state index in [1.54, 1.807) is 42.5 Å². The number of carbonyl (C=O) groups is 1. The third-order valence-electron chi connectivity index (χ3n) is 3.10. The minimum atomic E-state index is -0.483. The molecule has 110 valence electrons. The first-order valence-corrected chi connectivity index (χ1v) is 7.14. The third-order valence-corrected chi connectivity index (χ3v) is 3.66. The smallest absolute Gasteiger partial charge is 0.261 e. The first kappa shape index (κ1) is 14.6. The number of hydrogen-bond acceptors (Lipinski definition) is 3. The number of hydrogen-bond donors (Lipinski definition) is 2. The molecule has 1 aromatic heterocycles. The van der Waals surface area contributed by atoms with Gasteiger partial charge in [0.25, 0.3) is 5.91 Å². The summed E-state index contributed by atoms with van der Waals surface area (Å²) in [6.45, 7) is 0. The summed E-state index contributed by atoms with van der Waals surface area (Å²) in [6.07, 6.45) is 0. The predicted octanol–water partition coefficient (Wildman–Crippen LogP) is 4.47. The van der Waals surface area contributed by atoms with Crippen LogP contribution >= 0.6 is 23.2 Å². The lowest BCUT2D eigenvalue weighted by atomic mass is 10.1.